The van der Waals surface area contributed by atoms with Crippen LogP contribution in [-0.4, -0.2) is 11.8 Å². The smallest absolute Gasteiger partial charge is 0.238 e. The number of carbonyl (C=O) groups is 2. The molecule has 2 aliphatic carbocycles. The van der Waals surface area contributed by atoms with Crippen molar-refractivity contribution in [2.24, 2.45) is 23.7 Å². The molecule has 2 fully saturated rings. The van der Waals surface area contributed by atoms with Gasteiger partial charge in [0.2, 0.25) is 11.8 Å². The van der Waals surface area contributed by atoms with Crippen LogP contribution in [0.3, 0.4) is 0 Å². The van der Waals surface area contributed by atoms with Crippen molar-refractivity contribution >= 4 is 34.7 Å². The van der Waals surface area contributed by atoms with Crippen LogP contribution in [0.1, 0.15) is 16.7 Å². The van der Waals surface area contributed by atoms with Gasteiger partial charge < -0.3 is 0 Å². The summed E-state index contributed by atoms with van der Waals surface area (Å²) in [6.45, 7) is 1.90. The minimum absolute atomic E-state index is 0.0867. The van der Waals surface area contributed by atoms with E-state index in [1.54, 1.807) is 12.1 Å². The minimum atomic E-state index is -0.372. The zero-order valence-corrected chi connectivity index (χ0v) is 18.9. The molecule has 6 rings (SSSR count). The highest BCUT2D eigenvalue weighted by Gasteiger charge is 2.62. The predicted octanol–water partition coefficient (Wildman–Crippen LogP) is 6.07. The normalized spacial score (nSPS) is 25.2. The van der Waals surface area contributed by atoms with Gasteiger partial charge in [-0.1, -0.05) is 90.5 Å². The summed E-state index contributed by atoms with van der Waals surface area (Å²) in [6, 6.07) is 25.9. The van der Waals surface area contributed by atoms with Gasteiger partial charge in [0, 0.05) is 16.9 Å². The second kappa shape index (κ2) is 7.57. The summed E-state index contributed by atoms with van der Waals surface area (Å²) in [5.74, 6) is -1.16. The molecular weight excluding hydrogens is 430 g/mol. The van der Waals surface area contributed by atoms with Crippen LogP contribution in [0.15, 0.2) is 96.6 Å². The highest BCUT2D eigenvalue weighted by atomic mass is 35.5. The molecular formula is C29H22ClNO2. The Balaban J connectivity index is 1.50. The first kappa shape index (κ1) is 20.2. The number of nitrogens with zero attached hydrogens (tertiary/aromatic N) is 1. The number of carbonyl (C=O) groups excluding carboxylic acids is 2. The molecule has 4 atom stereocenters. The fraction of sp³-hybridized carbons (Fsp3) is 0.172. The van der Waals surface area contributed by atoms with Crippen LogP contribution >= 0.6 is 11.6 Å². The molecule has 1 heterocycles. The van der Waals surface area contributed by atoms with E-state index in [1.165, 1.54) is 10.5 Å². The Kier molecular flexibility index (Phi) is 4.63. The van der Waals surface area contributed by atoms with Crippen LogP contribution in [0.25, 0.3) is 5.57 Å². The van der Waals surface area contributed by atoms with Gasteiger partial charge >= 0.3 is 0 Å². The molecule has 0 spiro atoms. The van der Waals surface area contributed by atoms with Crippen molar-refractivity contribution < 1.29 is 9.59 Å². The van der Waals surface area contributed by atoms with Crippen molar-refractivity contribution in [2.75, 3.05) is 4.90 Å². The molecule has 3 aliphatic rings. The molecule has 0 aromatic heterocycles. The lowest BCUT2D eigenvalue weighted by Gasteiger charge is -2.22. The van der Waals surface area contributed by atoms with Crippen LogP contribution in [0, 0.1) is 30.6 Å². The molecule has 3 nitrogen and oxygen atoms in total. The van der Waals surface area contributed by atoms with Gasteiger partial charge in [-0.25, -0.2) is 4.90 Å². The number of anilines is 1. The number of hydrogen-bond acceptors (Lipinski definition) is 2. The summed E-state index contributed by atoms with van der Waals surface area (Å²) in [4.78, 5) is 28.8. The fourth-order valence-corrected chi connectivity index (χ4v) is 6.03. The second-order valence-corrected chi connectivity index (χ2v) is 9.43. The van der Waals surface area contributed by atoms with Crippen LogP contribution in [0.5, 0.6) is 0 Å². The van der Waals surface area contributed by atoms with Crippen molar-refractivity contribution in [3.05, 3.63) is 118 Å². The van der Waals surface area contributed by atoms with Gasteiger partial charge in [-0.15, -0.1) is 0 Å². The molecule has 1 saturated heterocycles. The van der Waals surface area contributed by atoms with E-state index in [0.29, 0.717) is 10.7 Å². The predicted molar refractivity (Wildman–Crippen MR) is 131 cm³/mol. The summed E-state index contributed by atoms with van der Waals surface area (Å²) in [6.07, 6.45) is 4.26. The standard InChI is InChI=1S/C29H22ClNO2/c1-17-12-13-20(30)16-23(17)31-28(32)26-21-14-15-22(27(26)29(31)33)25(21)24(18-8-4-2-5-9-18)19-10-6-3-7-11-19/h2-16,21-22,26-27H,1H3/t21-,22-,26-,27+/m0/s1. The largest absolute Gasteiger partial charge is 0.274 e. The van der Waals surface area contributed by atoms with Crippen molar-refractivity contribution in [1.29, 1.82) is 0 Å². The van der Waals surface area contributed by atoms with Gasteiger partial charge in [0.1, 0.15) is 0 Å². The number of fused-ring (bicyclic) bond motifs is 5. The Morgan fingerprint density at radius 3 is 1.79 bits per heavy atom. The van der Waals surface area contributed by atoms with Gasteiger partial charge in [0.05, 0.1) is 17.5 Å². The Morgan fingerprint density at radius 2 is 1.27 bits per heavy atom. The summed E-state index contributed by atoms with van der Waals surface area (Å²) in [5.41, 5.74) is 6.01. The molecule has 3 aromatic carbocycles. The van der Waals surface area contributed by atoms with Crippen molar-refractivity contribution in [3.8, 4) is 0 Å². The number of halogens is 1. The molecule has 1 aliphatic heterocycles. The third kappa shape index (κ3) is 2.96. The molecule has 2 amide bonds. The van der Waals surface area contributed by atoms with Crippen LogP contribution in [0.2, 0.25) is 5.02 Å². The molecule has 0 radical (unpaired) electrons. The monoisotopic (exact) mass is 451 g/mol. The van der Waals surface area contributed by atoms with Crippen LogP contribution in [0.4, 0.5) is 5.69 Å². The van der Waals surface area contributed by atoms with E-state index >= 15 is 0 Å². The average Bonchev–Trinajstić information content (AvgIpc) is 3.47. The molecule has 4 heteroatoms. The third-order valence-corrected chi connectivity index (χ3v) is 7.48. The lowest BCUT2D eigenvalue weighted by Crippen LogP contribution is -2.33. The Bertz CT molecular complexity index is 1270. The summed E-state index contributed by atoms with van der Waals surface area (Å²) >= 11 is 6.21. The molecule has 1 saturated carbocycles. The quantitative estimate of drug-likeness (QED) is 0.358. The molecule has 162 valence electrons. The van der Waals surface area contributed by atoms with E-state index in [-0.39, 0.29) is 35.5 Å². The number of hydrogen-bond donors (Lipinski definition) is 0. The average molecular weight is 452 g/mol. The molecule has 33 heavy (non-hydrogen) atoms. The number of benzene rings is 3. The maximum absolute atomic E-state index is 13.7. The topological polar surface area (TPSA) is 37.4 Å². The van der Waals surface area contributed by atoms with Gasteiger partial charge in [0.15, 0.2) is 0 Å². The van der Waals surface area contributed by atoms with E-state index in [4.69, 9.17) is 11.6 Å². The first-order chi connectivity index (χ1) is 16.1. The summed E-state index contributed by atoms with van der Waals surface area (Å²) in [7, 11) is 0. The fourth-order valence-electron chi connectivity index (χ4n) is 5.87. The van der Waals surface area contributed by atoms with E-state index in [2.05, 4.69) is 36.4 Å². The van der Waals surface area contributed by atoms with Crippen LogP contribution in [-0.2, 0) is 9.59 Å². The Labute approximate surface area is 198 Å². The second-order valence-electron chi connectivity index (χ2n) is 8.99. The summed E-state index contributed by atoms with van der Waals surface area (Å²) in [5, 5.41) is 0.519. The number of rotatable bonds is 3. The van der Waals surface area contributed by atoms with E-state index in [0.717, 1.165) is 22.3 Å². The maximum Gasteiger partial charge on any atom is 0.238 e. The Hall–Kier alpha value is -3.43. The van der Waals surface area contributed by atoms with Gasteiger partial charge in [-0.2, -0.15) is 0 Å². The highest BCUT2D eigenvalue weighted by Crippen LogP contribution is 2.59. The first-order valence-electron chi connectivity index (χ1n) is 11.2. The van der Waals surface area contributed by atoms with E-state index in [9.17, 15) is 9.59 Å². The van der Waals surface area contributed by atoms with E-state index < -0.39 is 0 Å². The van der Waals surface area contributed by atoms with Crippen LogP contribution < -0.4 is 4.90 Å². The van der Waals surface area contributed by atoms with Gasteiger partial charge in [-0.05, 0) is 46.9 Å². The number of aryl methyl sites for hydroxylation is 1. The zero-order valence-electron chi connectivity index (χ0n) is 18.1. The number of amides is 2. The third-order valence-electron chi connectivity index (χ3n) is 7.24. The van der Waals surface area contributed by atoms with Crippen molar-refractivity contribution in [2.45, 2.75) is 6.92 Å². The van der Waals surface area contributed by atoms with Gasteiger partial charge in [0.25, 0.3) is 0 Å². The lowest BCUT2D eigenvalue weighted by atomic mass is 9.85. The Morgan fingerprint density at radius 1 is 0.758 bits per heavy atom. The number of imide groups is 1. The molecule has 3 aromatic rings. The lowest BCUT2D eigenvalue weighted by molar-refractivity contribution is -0.122. The minimum Gasteiger partial charge on any atom is -0.274 e. The van der Waals surface area contributed by atoms with Gasteiger partial charge in [-0.3, -0.25) is 9.59 Å². The summed E-state index contributed by atoms with van der Waals surface area (Å²) < 4.78 is 0. The number of allylic oxidation sites excluding steroid dienone is 3. The highest BCUT2D eigenvalue weighted by molar-refractivity contribution is 6.31. The molecule has 2 bridgehead atoms. The maximum atomic E-state index is 13.7. The van der Waals surface area contributed by atoms with Crippen molar-refractivity contribution in [3.63, 3.8) is 0 Å². The molecule has 0 N–H and O–H groups in total. The first-order valence-corrected chi connectivity index (χ1v) is 11.6. The van der Waals surface area contributed by atoms with Crippen molar-refractivity contribution in [1.82, 2.24) is 0 Å². The van der Waals surface area contributed by atoms with E-state index in [1.807, 2.05) is 49.4 Å². The molecule has 0 unspecified atom stereocenters. The SMILES string of the molecule is Cc1ccc(Cl)cc1N1C(=O)[C@@H]2[C@H](C1=O)[C@H]1C=C[C@H]2C1=C(c1ccccc1)c1ccccc1. The zero-order chi connectivity index (χ0) is 22.7.